The standard InChI is InChI=1S/C16H22N4O/c21-16-18-10-14-11-19(7-8-20(14)16)15-4-2-1-3-12(15)9-17-13-5-6-13/h1-4,13-14,17H,5-11H2,(H,18,21). The summed E-state index contributed by atoms with van der Waals surface area (Å²) in [7, 11) is 0. The molecule has 0 bridgehead atoms. The van der Waals surface area contributed by atoms with Crippen LogP contribution in [-0.2, 0) is 6.54 Å². The van der Waals surface area contributed by atoms with E-state index >= 15 is 0 Å². The molecule has 5 heteroatoms. The lowest BCUT2D eigenvalue weighted by Gasteiger charge is -2.38. The van der Waals surface area contributed by atoms with Crippen molar-refractivity contribution >= 4 is 11.7 Å². The van der Waals surface area contributed by atoms with E-state index in [1.54, 1.807) is 0 Å². The Morgan fingerprint density at radius 2 is 2.10 bits per heavy atom. The number of fused-ring (bicyclic) bond motifs is 1. The van der Waals surface area contributed by atoms with Crippen molar-refractivity contribution in [1.29, 1.82) is 0 Å². The summed E-state index contributed by atoms with van der Waals surface area (Å²) < 4.78 is 0. The van der Waals surface area contributed by atoms with Gasteiger partial charge >= 0.3 is 6.03 Å². The van der Waals surface area contributed by atoms with Crippen LogP contribution in [0.5, 0.6) is 0 Å². The van der Waals surface area contributed by atoms with Crippen LogP contribution in [0.25, 0.3) is 0 Å². The highest BCUT2D eigenvalue weighted by Crippen LogP contribution is 2.26. The van der Waals surface area contributed by atoms with Crippen LogP contribution < -0.4 is 15.5 Å². The Labute approximate surface area is 125 Å². The third-order valence-electron chi connectivity index (χ3n) is 4.72. The normalized spacial score (nSPS) is 25.0. The molecule has 3 aliphatic rings. The largest absolute Gasteiger partial charge is 0.367 e. The van der Waals surface area contributed by atoms with Gasteiger partial charge in [-0.2, -0.15) is 0 Å². The van der Waals surface area contributed by atoms with Crippen LogP contribution in [0.4, 0.5) is 10.5 Å². The second-order valence-electron chi connectivity index (χ2n) is 6.26. The predicted molar refractivity (Wildman–Crippen MR) is 82.4 cm³/mol. The van der Waals surface area contributed by atoms with Gasteiger partial charge in [-0.15, -0.1) is 0 Å². The first-order valence-corrected chi connectivity index (χ1v) is 7.92. The van der Waals surface area contributed by atoms with Crippen LogP contribution in [-0.4, -0.2) is 49.2 Å². The van der Waals surface area contributed by atoms with E-state index in [2.05, 4.69) is 39.8 Å². The summed E-state index contributed by atoms with van der Waals surface area (Å²) in [5.74, 6) is 0. The van der Waals surface area contributed by atoms with Crippen LogP contribution in [0, 0.1) is 0 Å². The van der Waals surface area contributed by atoms with Gasteiger partial charge in [0, 0.05) is 44.5 Å². The number of hydrogen-bond donors (Lipinski definition) is 2. The van der Waals surface area contributed by atoms with Crippen LogP contribution in [0.15, 0.2) is 24.3 Å². The second-order valence-corrected chi connectivity index (χ2v) is 6.26. The first-order valence-electron chi connectivity index (χ1n) is 7.92. The number of amides is 2. The first-order chi connectivity index (χ1) is 10.3. The molecule has 5 nitrogen and oxygen atoms in total. The maximum Gasteiger partial charge on any atom is 0.317 e. The number of hydrogen-bond acceptors (Lipinski definition) is 3. The van der Waals surface area contributed by atoms with Gasteiger partial charge in [-0.25, -0.2) is 4.79 Å². The van der Waals surface area contributed by atoms with Crippen molar-refractivity contribution in [2.24, 2.45) is 0 Å². The summed E-state index contributed by atoms with van der Waals surface area (Å²) in [4.78, 5) is 16.1. The fraction of sp³-hybridized carbons (Fsp3) is 0.562. The molecule has 2 heterocycles. The van der Waals surface area contributed by atoms with Gasteiger partial charge in [0.15, 0.2) is 0 Å². The lowest BCUT2D eigenvalue weighted by Crippen LogP contribution is -2.52. The van der Waals surface area contributed by atoms with Crippen molar-refractivity contribution in [2.75, 3.05) is 31.1 Å². The molecule has 21 heavy (non-hydrogen) atoms. The van der Waals surface area contributed by atoms with Crippen molar-refractivity contribution < 1.29 is 4.79 Å². The summed E-state index contributed by atoms with van der Waals surface area (Å²) in [5, 5.41) is 6.55. The minimum absolute atomic E-state index is 0.100. The minimum Gasteiger partial charge on any atom is -0.367 e. The Balaban J connectivity index is 1.49. The number of nitrogens with one attached hydrogen (secondary N) is 2. The molecule has 2 N–H and O–H groups in total. The lowest BCUT2D eigenvalue weighted by atomic mass is 10.1. The number of benzene rings is 1. The molecule has 1 aliphatic carbocycles. The molecule has 2 saturated heterocycles. The zero-order valence-electron chi connectivity index (χ0n) is 12.2. The maximum atomic E-state index is 11.7. The summed E-state index contributed by atoms with van der Waals surface area (Å²) in [6.45, 7) is 4.39. The molecule has 0 aromatic heterocycles. The Morgan fingerprint density at radius 3 is 2.95 bits per heavy atom. The van der Waals surface area contributed by atoms with Gasteiger partial charge in [0.1, 0.15) is 0 Å². The van der Waals surface area contributed by atoms with E-state index in [1.165, 1.54) is 24.1 Å². The van der Waals surface area contributed by atoms with Crippen molar-refractivity contribution in [3.63, 3.8) is 0 Å². The van der Waals surface area contributed by atoms with E-state index < -0.39 is 0 Å². The number of anilines is 1. The third kappa shape index (κ3) is 2.58. The van der Waals surface area contributed by atoms with E-state index in [0.29, 0.717) is 6.04 Å². The number of piperazine rings is 1. The number of nitrogens with zero attached hydrogens (tertiary/aromatic N) is 2. The molecule has 4 rings (SSSR count). The molecule has 0 spiro atoms. The van der Waals surface area contributed by atoms with Crippen LogP contribution >= 0.6 is 0 Å². The topological polar surface area (TPSA) is 47.6 Å². The second kappa shape index (κ2) is 5.22. The molecule has 1 aromatic rings. The summed E-state index contributed by atoms with van der Waals surface area (Å²) in [6, 6.07) is 9.80. The summed E-state index contributed by atoms with van der Waals surface area (Å²) in [5.41, 5.74) is 2.69. The highest BCUT2D eigenvalue weighted by molar-refractivity contribution is 5.77. The molecule has 1 unspecified atom stereocenters. The zero-order chi connectivity index (χ0) is 14.2. The Morgan fingerprint density at radius 1 is 1.24 bits per heavy atom. The van der Waals surface area contributed by atoms with Crippen molar-refractivity contribution in [2.45, 2.75) is 31.5 Å². The van der Waals surface area contributed by atoms with E-state index in [9.17, 15) is 4.79 Å². The molecule has 2 aliphatic heterocycles. The SMILES string of the molecule is O=C1NCC2CN(c3ccccc3CNC3CC3)CCN12. The Hall–Kier alpha value is -1.75. The van der Waals surface area contributed by atoms with Gasteiger partial charge < -0.3 is 20.4 Å². The molecule has 2 amide bonds. The molecule has 112 valence electrons. The Bertz CT molecular complexity index is 543. The smallest absolute Gasteiger partial charge is 0.317 e. The van der Waals surface area contributed by atoms with Gasteiger partial charge in [-0.1, -0.05) is 18.2 Å². The average Bonchev–Trinajstić information content (AvgIpc) is 3.28. The van der Waals surface area contributed by atoms with E-state index in [4.69, 9.17) is 0 Å². The molecule has 1 atom stereocenters. The zero-order valence-corrected chi connectivity index (χ0v) is 12.2. The van der Waals surface area contributed by atoms with E-state index in [0.717, 1.165) is 38.8 Å². The van der Waals surface area contributed by atoms with Gasteiger partial charge in [-0.05, 0) is 24.5 Å². The fourth-order valence-electron chi connectivity index (χ4n) is 3.33. The van der Waals surface area contributed by atoms with Gasteiger partial charge in [0.05, 0.1) is 6.04 Å². The fourth-order valence-corrected chi connectivity index (χ4v) is 3.33. The van der Waals surface area contributed by atoms with Crippen molar-refractivity contribution in [3.05, 3.63) is 29.8 Å². The number of rotatable bonds is 4. The molecule has 3 fully saturated rings. The first kappa shape index (κ1) is 13.0. The quantitative estimate of drug-likeness (QED) is 0.873. The van der Waals surface area contributed by atoms with Crippen LogP contribution in [0.3, 0.4) is 0 Å². The monoisotopic (exact) mass is 286 g/mol. The molecular weight excluding hydrogens is 264 g/mol. The lowest BCUT2D eigenvalue weighted by molar-refractivity contribution is 0.197. The molecule has 1 aromatic carbocycles. The number of carbonyl (C=O) groups is 1. The number of para-hydroxylation sites is 1. The Kier molecular flexibility index (Phi) is 3.22. The van der Waals surface area contributed by atoms with E-state index in [-0.39, 0.29) is 6.03 Å². The summed E-state index contributed by atoms with van der Waals surface area (Å²) >= 11 is 0. The highest BCUT2D eigenvalue weighted by Gasteiger charge is 2.35. The molecule has 0 radical (unpaired) electrons. The third-order valence-corrected chi connectivity index (χ3v) is 4.72. The minimum atomic E-state index is 0.100. The van der Waals surface area contributed by atoms with Crippen molar-refractivity contribution in [1.82, 2.24) is 15.5 Å². The van der Waals surface area contributed by atoms with Crippen LogP contribution in [0.2, 0.25) is 0 Å². The average molecular weight is 286 g/mol. The maximum absolute atomic E-state index is 11.7. The number of carbonyl (C=O) groups excluding carboxylic acids is 1. The number of urea groups is 1. The predicted octanol–water partition coefficient (Wildman–Crippen LogP) is 1.15. The van der Waals surface area contributed by atoms with E-state index in [1.807, 2.05) is 4.90 Å². The molecular formula is C16H22N4O. The summed E-state index contributed by atoms with van der Waals surface area (Å²) in [6.07, 6.45) is 2.63. The van der Waals surface area contributed by atoms with Gasteiger partial charge in [0.2, 0.25) is 0 Å². The van der Waals surface area contributed by atoms with Crippen molar-refractivity contribution in [3.8, 4) is 0 Å². The highest BCUT2D eigenvalue weighted by atomic mass is 16.2. The van der Waals surface area contributed by atoms with Gasteiger partial charge in [-0.3, -0.25) is 0 Å². The van der Waals surface area contributed by atoms with Gasteiger partial charge in [0.25, 0.3) is 0 Å². The van der Waals surface area contributed by atoms with Crippen LogP contribution in [0.1, 0.15) is 18.4 Å². The molecule has 1 saturated carbocycles.